The molecule has 0 radical (unpaired) electrons. The predicted molar refractivity (Wildman–Crippen MR) is 55.5 cm³/mol. The standard InChI is InChI=1S/C8H12N6/c1-4-5-6(9-2)11-8(10-3)12-7(5)14-13-4/h1-3H3,(H3,9,10,11,12,13,14). The minimum Gasteiger partial charge on any atom is -0.372 e. The van der Waals surface area contributed by atoms with Crippen molar-refractivity contribution in [3.05, 3.63) is 5.69 Å². The van der Waals surface area contributed by atoms with E-state index in [0.717, 1.165) is 16.9 Å². The lowest BCUT2D eigenvalue weighted by molar-refractivity contribution is 1.05. The molecule has 6 nitrogen and oxygen atoms in total. The van der Waals surface area contributed by atoms with Gasteiger partial charge in [-0.3, -0.25) is 5.10 Å². The maximum atomic E-state index is 4.28. The summed E-state index contributed by atoms with van der Waals surface area (Å²) in [6.45, 7) is 1.94. The van der Waals surface area contributed by atoms with E-state index in [-0.39, 0.29) is 0 Å². The number of aromatic amines is 1. The summed E-state index contributed by atoms with van der Waals surface area (Å²) in [5.74, 6) is 1.35. The molecule has 0 fully saturated rings. The number of hydrogen-bond donors (Lipinski definition) is 3. The lowest BCUT2D eigenvalue weighted by Crippen LogP contribution is -2.01. The van der Waals surface area contributed by atoms with Gasteiger partial charge in [-0.2, -0.15) is 15.1 Å². The summed E-state index contributed by atoms with van der Waals surface area (Å²) in [6.07, 6.45) is 0. The molecule has 0 bridgehead atoms. The van der Waals surface area contributed by atoms with Crippen molar-refractivity contribution in [1.29, 1.82) is 0 Å². The van der Waals surface area contributed by atoms with Crippen molar-refractivity contribution in [2.24, 2.45) is 0 Å². The second-order valence-electron chi connectivity index (χ2n) is 2.94. The normalized spacial score (nSPS) is 10.5. The summed E-state index contributed by atoms with van der Waals surface area (Å²) >= 11 is 0. The highest BCUT2D eigenvalue weighted by Gasteiger charge is 2.10. The predicted octanol–water partition coefficient (Wildman–Crippen LogP) is 0.745. The number of aromatic nitrogens is 4. The first-order valence-corrected chi connectivity index (χ1v) is 4.34. The number of nitrogens with one attached hydrogen (secondary N) is 3. The van der Waals surface area contributed by atoms with Crippen molar-refractivity contribution >= 4 is 22.8 Å². The molecule has 0 aliphatic carbocycles. The number of anilines is 2. The molecule has 2 aromatic heterocycles. The van der Waals surface area contributed by atoms with Crippen LogP contribution >= 0.6 is 0 Å². The van der Waals surface area contributed by atoms with Gasteiger partial charge in [-0.25, -0.2) is 0 Å². The van der Waals surface area contributed by atoms with Gasteiger partial charge in [0.1, 0.15) is 5.82 Å². The van der Waals surface area contributed by atoms with Crippen molar-refractivity contribution in [2.75, 3.05) is 24.7 Å². The second kappa shape index (κ2) is 3.13. The van der Waals surface area contributed by atoms with Crippen LogP contribution in [0.4, 0.5) is 11.8 Å². The average Bonchev–Trinajstić information content (AvgIpc) is 2.59. The molecule has 0 aliphatic rings. The Kier molecular flexibility index (Phi) is 1.95. The third-order valence-corrected chi connectivity index (χ3v) is 2.05. The molecule has 0 spiro atoms. The van der Waals surface area contributed by atoms with E-state index in [9.17, 15) is 0 Å². The van der Waals surface area contributed by atoms with Gasteiger partial charge in [-0.1, -0.05) is 0 Å². The van der Waals surface area contributed by atoms with Crippen molar-refractivity contribution in [3.63, 3.8) is 0 Å². The summed E-state index contributed by atoms with van der Waals surface area (Å²) in [4.78, 5) is 8.50. The van der Waals surface area contributed by atoms with Crippen LogP contribution in [-0.4, -0.2) is 34.3 Å². The first-order valence-electron chi connectivity index (χ1n) is 4.34. The van der Waals surface area contributed by atoms with Gasteiger partial charge in [0.25, 0.3) is 0 Å². The molecule has 2 rings (SSSR count). The molecule has 0 saturated heterocycles. The Labute approximate surface area is 81.1 Å². The minimum atomic E-state index is 0.563. The van der Waals surface area contributed by atoms with Crippen LogP contribution in [0.3, 0.4) is 0 Å². The SMILES string of the molecule is CNc1nc(NC)c2c(C)[nH]nc2n1. The zero-order chi connectivity index (χ0) is 10.1. The van der Waals surface area contributed by atoms with Gasteiger partial charge in [0, 0.05) is 19.8 Å². The monoisotopic (exact) mass is 192 g/mol. The zero-order valence-electron chi connectivity index (χ0n) is 8.34. The van der Waals surface area contributed by atoms with E-state index in [0.29, 0.717) is 11.6 Å². The summed E-state index contributed by atoms with van der Waals surface area (Å²) < 4.78 is 0. The number of H-pyrrole nitrogens is 1. The molecular formula is C8H12N6. The van der Waals surface area contributed by atoms with Gasteiger partial charge in [0.05, 0.1) is 5.39 Å². The van der Waals surface area contributed by atoms with Crippen molar-refractivity contribution < 1.29 is 0 Å². The molecule has 74 valence electrons. The molecule has 0 aliphatic heterocycles. The maximum Gasteiger partial charge on any atom is 0.226 e. The smallest absolute Gasteiger partial charge is 0.226 e. The summed E-state index contributed by atoms with van der Waals surface area (Å²) in [6, 6.07) is 0. The first-order chi connectivity index (χ1) is 6.76. The van der Waals surface area contributed by atoms with E-state index in [1.165, 1.54) is 0 Å². The maximum absolute atomic E-state index is 4.28. The zero-order valence-corrected chi connectivity index (χ0v) is 8.34. The van der Waals surface area contributed by atoms with Crippen LogP contribution in [0, 0.1) is 6.92 Å². The van der Waals surface area contributed by atoms with E-state index in [2.05, 4.69) is 30.8 Å². The van der Waals surface area contributed by atoms with Crippen molar-refractivity contribution in [3.8, 4) is 0 Å². The summed E-state index contributed by atoms with van der Waals surface area (Å²) in [7, 11) is 3.60. The van der Waals surface area contributed by atoms with Crippen LogP contribution in [0.2, 0.25) is 0 Å². The molecule has 0 unspecified atom stereocenters. The fourth-order valence-electron chi connectivity index (χ4n) is 1.36. The number of nitrogens with zero attached hydrogens (tertiary/aromatic N) is 3. The molecule has 0 aromatic carbocycles. The first kappa shape index (κ1) is 8.74. The molecule has 3 N–H and O–H groups in total. The molecule has 2 aromatic rings. The third-order valence-electron chi connectivity index (χ3n) is 2.05. The van der Waals surface area contributed by atoms with Gasteiger partial charge in [0.2, 0.25) is 5.95 Å². The van der Waals surface area contributed by atoms with Crippen LogP contribution in [0.15, 0.2) is 0 Å². The van der Waals surface area contributed by atoms with Gasteiger partial charge in [-0.05, 0) is 6.92 Å². The van der Waals surface area contributed by atoms with Crippen molar-refractivity contribution in [1.82, 2.24) is 20.2 Å². The quantitative estimate of drug-likeness (QED) is 0.654. The molecule has 6 heteroatoms. The topological polar surface area (TPSA) is 78.5 Å². The van der Waals surface area contributed by atoms with E-state index in [4.69, 9.17) is 0 Å². The number of fused-ring (bicyclic) bond motifs is 1. The molecular weight excluding hydrogens is 180 g/mol. The highest BCUT2D eigenvalue weighted by Crippen LogP contribution is 2.22. The molecule has 0 saturated carbocycles. The van der Waals surface area contributed by atoms with Gasteiger partial charge < -0.3 is 10.6 Å². The average molecular weight is 192 g/mol. The number of hydrogen-bond acceptors (Lipinski definition) is 5. The Hall–Kier alpha value is -1.85. The molecule has 2 heterocycles. The fraction of sp³-hybridized carbons (Fsp3) is 0.375. The highest BCUT2D eigenvalue weighted by molar-refractivity contribution is 5.89. The summed E-state index contributed by atoms with van der Waals surface area (Å²) in [5, 5.41) is 13.8. The Bertz CT molecular complexity index is 460. The summed E-state index contributed by atoms with van der Waals surface area (Å²) in [5.41, 5.74) is 1.64. The Morgan fingerprint density at radius 3 is 2.57 bits per heavy atom. The van der Waals surface area contributed by atoms with Gasteiger partial charge in [0.15, 0.2) is 5.65 Å². The van der Waals surface area contributed by atoms with E-state index < -0.39 is 0 Å². The highest BCUT2D eigenvalue weighted by atomic mass is 15.2. The van der Waals surface area contributed by atoms with Crippen LogP contribution in [0.1, 0.15) is 5.69 Å². The molecule has 0 atom stereocenters. The van der Waals surface area contributed by atoms with E-state index >= 15 is 0 Å². The largest absolute Gasteiger partial charge is 0.372 e. The Morgan fingerprint density at radius 1 is 1.14 bits per heavy atom. The van der Waals surface area contributed by atoms with Gasteiger partial charge in [-0.15, -0.1) is 0 Å². The lowest BCUT2D eigenvalue weighted by Gasteiger charge is -2.03. The van der Waals surface area contributed by atoms with E-state index in [1.807, 2.05) is 14.0 Å². The van der Waals surface area contributed by atoms with Crippen LogP contribution in [0.5, 0.6) is 0 Å². The van der Waals surface area contributed by atoms with Crippen LogP contribution in [0.25, 0.3) is 11.0 Å². The lowest BCUT2D eigenvalue weighted by atomic mass is 10.3. The third kappa shape index (κ3) is 1.15. The minimum absolute atomic E-state index is 0.563. The van der Waals surface area contributed by atoms with Crippen molar-refractivity contribution in [2.45, 2.75) is 6.92 Å². The Morgan fingerprint density at radius 2 is 1.93 bits per heavy atom. The van der Waals surface area contributed by atoms with E-state index in [1.54, 1.807) is 7.05 Å². The van der Waals surface area contributed by atoms with Gasteiger partial charge >= 0.3 is 0 Å². The molecule has 14 heavy (non-hydrogen) atoms. The fourth-order valence-corrected chi connectivity index (χ4v) is 1.36. The van der Waals surface area contributed by atoms with Crippen LogP contribution in [-0.2, 0) is 0 Å². The Balaban J connectivity index is 2.76. The second-order valence-corrected chi connectivity index (χ2v) is 2.94. The molecule has 0 amide bonds. The van der Waals surface area contributed by atoms with Crippen LogP contribution < -0.4 is 10.6 Å². The number of rotatable bonds is 2. The number of aryl methyl sites for hydroxylation is 1.